The van der Waals surface area contributed by atoms with Gasteiger partial charge >= 0.3 is 0 Å². The Hall–Kier alpha value is -2.76. The fourth-order valence-corrected chi connectivity index (χ4v) is 4.14. The second-order valence-electron chi connectivity index (χ2n) is 6.05. The maximum Gasteiger partial charge on any atom is 0.137 e. The van der Waals surface area contributed by atoms with Gasteiger partial charge in [-0.15, -0.1) is 11.3 Å². The van der Waals surface area contributed by atoms with Crippen LogP contribution in [0.1, 0.15) is 18.9 Å². The van der Waals surface area contributed by atoms with Crippen LogP contribution in [-0.4, -0.2) is 21.5 Å². The highest BCUT2D eigenvalue weighted by Gasteiger charge is 2.12. The van der Waals surface area contributed by atoms with E-state index in [1.165, 1.54) is 20.5 Å². The summed E-state index contributed by atoms with van der Waals surface area (Å²) in [6.07, 6.45) is 14.9. The number of aromatic nitrogens is 3. The van der Waals surface area contributed by atoms with Crippen LogP contribution in [0.3, 0.4) is 0 Å². The molecule has 4 aromatic heterocycles. The number of allylic oxidation sites excluding steroid dienone is 3. The van der Waals surface area contributed by atoms with E-state index in [4.69, 9.17) is 5.73 Å². The molecular formula is C21H20N4S. The monoisotopic (exact) mass is 360 g/mol. The lowest BCUT2D eigenvalue weighted by molar-refractivity contribution is 1.22. The average molecular weight is 360 g/mol. The molecule has 0 radical (unpaired) electrons. The van der Waals surface area contributed by atoms with Crippen molar-refractivity contribution >= 4 is 38.0 Å². The van der Waals surface area contributed by atoms with E-state index < -0.39 is 0 Å². The molecule has 3 N–H and O–H groups in total. The summed E-state index contributed by atoms with van der Waals surface area (Å²) in [5.74, 6) is 0. The smallest absolute Gasteiger partial charge is 0.137 e. The fraction of sp³-hybridized carbons (Fsp3) is 0.143. The van der Waals surface area contributed by atoms with Crippen molar-refractivity contribution in [3.05, 3.63) is 66.8 Å². The van der Waals surface area contributed by atoms with E-state index in [9.17, 15) is 0 Å². The van der Waals surface area contributed by atoms with Crippen molar-refractivity contribution in [1.29, 1.82) is 0 Å². The highest BCUT2D eigenvalue weighted by atomic mass is 32.1. The zero-order valence-electron chi connectivity index (χ0n) is 14.6. The predicted octanol–water partition coefficient (Wildman–Crippen LogP) is 5.15. The summed E-state index contributed by atoms with van der Waals surface area (Å²) in [4.78, 5) is 13.4. The van der Waals surface area contributed by atoms with Crippen LogP contribution in [0.25, 0.3) is 37.1 Å². The minimum absolute atomic E-state index is 0.530. The number of aromatic amines is 1. The highest BCUT2D eigenvalue weighted by molar-refractivity contribution is 7.22. The Balaban J connectivity index is 1.84. The quantitative estimate of drug-likeness (QED) is 0.484. The first kappa shape index (κ1) is 16.7. The molecule has 0 amide bonds. The minimum Gasteiger partial charge on any atom is -0.345 e. The van der Waals surface area contributed by atoms with Gasteiger partial charge in [0.25, 0.3) is 0 Å². The van der Waals surface area contributed by atoms with Gasteiger partial charge in [-0.25, -0.2) is 4.98 Å². The molecule has 0 aliphatic rings. The molecule has 26 heavy (non-hydrogen) atoms. The van der Waals surface area contributed by atoms with E-state index in [0.29, 0.717) is 6.54 Å². The topological polar surface area (TPSA) is 67.6 Å². The third kappa shape index (κ3) is 3.07. The van der Waals surface area contributed by atoms with Crippen molar-refractivity contribution in [1.82, 2.24) is 15.0 Å². The van der Waals surface area contributed by atoms with E-state index in [2.05, 4.69) is 46.2 Å². The molecule has 0 fully saturated rings. The molecule has 0 aliphatic carbocycles. The number of H-pyrrole nitrogens is 1. The Morgan fingerprint density at radius 3 is 3.04 bits per heavy atom. The molecule has 0 saturated carbocycles. The van der Waals surface area contributed by atoms with E-state index in [0.717, 1.165) is 28.6 Å². The molecule has 0 unspecified atom stereocenters. The zero-order chi connectivity index (χ0) is 17.9. The summed E-state index contributed by atoms with van der Waals surface area (Å²) in [6.45, 7) is 2.66. The van der Waals surface area contributed by atoms with E-state index in [1.807, 2.05) is 36.9 Å². The van der Waals surface area contributed by atoms with Crippen LogP contribution in [0, 0.1) is 0 Å². The lowest BCUT2D eigenvalue weighted by Crippen LogP contribution is -1.93. The number of nitrogens with zero attached hydrogens (tertiary/aromatic N) is 2. The van der Waals surface area contributed by atoms with E-state index in [1.54, 1.807) is 11.3 Å². The van der Waals surface area contributed by atoms with Gasteiger partial charge in [0.05, 0.1) is 4.70 Å². The molecule has 0 atom stereocenters. The molecule has 4 rings (SSSR count). The third-order valence-electron chi connectivity index (χ3n) is 4.31. The summed E-state index contributed by atoms with van der Waals surface area (Å²) in [7, 11) is 0. The van der Waals surface area contributed by atoms with Gasteiger partial charge in [-0.1, -0.05) is 25.2 Å². The van der Waals surface area contributed by atoms with Gasteiger partial charge in [-0.2, -0.15) is 0 Å². The first-order valence-electron chi connectivity index (χ1n) is 8.68. The zero-order valence-corrected chi connectivity index (χ0v) is 15.4. The SMILES string of the molecule is CC/C=C(\C=C/CN)c1cnc2[nH]cc(-c3cc4ccncc4s3)c2c1. The van der Waals surface area contributed by atoms with Crippen molar-refractivity contribution < 1.29 is 0 Å². The first-order valence-corrected chi connectivity index (χ1v) is 9.50. The van der Waals surface area contributed by atoms with Gasteiger partial charge < -0.3 is 10.7 Å². The van der Waals surface area contributed by atoms with Crippen molar-refractivity contribution in [3.8, 4) is 10.4 Å². The molecule has 0 bridgehead atoms. The highest BCUT2D eigenvalue weighted by Crippen LogP contribution is 2.37. The summed E-state index contributed by atoms with van der Waals surface area (Å²) < 4.78 is 1.19. The van der Waals surface area contributed by atoms with E-state index in [-0.39, 0.29) is 0 Å². The summed E-state index contributed by atoms with van der Waals surface area (Å²) in [5, 5.41) is 2.35. The number of pyridine rings is 2. The molecule has 0 spiro atoms. The number of fused-ring (bicyclic) bond motifs is 2. The lowest BCUT2D eigenvalue weighted by Gasteiger charge is -2.04. The van der Waals surface area contributed by atoms with Gasteiger partial charge in [0, 0.05) is 52.7 Å². The maximum absolute atomic E-state index is 5.62. The second-order valence-corrected chi connectivity index (χ2v) is 7.14. The van der Waals surface area contributed by atoms with Gasteiger partial charge in [-0.05, 0) is 35.6 Å². The number of rotatable bonds is 5. The first-order chi connectivity index (χ1) is 12.8. The van der Waals surface area contributed by atoms with Gasteiger partial charge in [0.15, 0.2) is 0 Å². The van der Waals surface area contributed by atoms with Gasteiger partial charge in [-0.3, -0.25) is 4.98 Å². The summed E-state index contributed by atoms with van der Waals surface area (Å²) in [5.41, 5.74) is 9.96. The molecule has 5 heteroatoms. The van der Waals surface area contributed by atoms with Crippen molar-refractivity contribution in [2.45, 2.75) is 13.3 Å². The molecule has 0 saturated heterocycles. The fourth-order valence-electron chi connectivity index (χ4n) is 3.08. The molecule has 4 heterocycles. The largest absolute Gasteiger partial charge is 0.345 e. The molecule has 0 aliphatic heterocycles. The normalized spacial score (nSPS) is 12.6. The van der Waals surface area contributed by atoms with Crippen LogP contribution < -0.4 is 5.73 Å². The minimum atomic E-state index is 0.530. The summed E-state index contributed by atoms with van der Waals surface area (Å²) in [6, 6.07) is 6.47. The predicted molar refractivity (Wildman–Crippen MR) is 111 cm³/mol. The summed E-state index contributed by atoms with van der Waals surface area (Å²) >= 11 is 1.75. The molecule has 4 aromatic rings. The Labute approximate surface area is 156 Å². The van der Waals surface area contributed by atoms with Crippen molar-refractivity contribution in [2.24, 2.45) is 5.73 Å². The van der Waals surface area contributed by atoms with Crippen molar-refractivity contribution in [3.63, 3.8) is 0 Å². The number of hydrogen-bond donors (Lipinski definition) is 2. The average Bonchev–Trinajstić information content (AvgIpc) is 3.28. The Bertz CT molecular complexity index is 1080. The van der Waals surface area contributed by atoms with Gasteiger partial charge in [0.2, 0.25) is 0 Å². The Morgan fingerprint density at radius 2 is 2.23 bits per heavy atom. The molecule has 130 valence electrons. The lowest BCUT2D eigenvalue weighted by atomic mass is 10.0. The van der Waals surface area contributed by atoms with Gasteiger partial charge in [0.1, 0.15) is 5.65 Å². The van der Waals surface area contributed by atoms with Crippen molar-refractivity contribution in [2.75, 3.05) is 6.54 Å². The van der Waals surface area contributed by atoms with Crippen LogP contribution in [0.15, 0.2) is 61.2 Å². The van der Waals surface area contributed by atoms with E-state index >= 15 is 0 Å². The third-order valence-corrected chi connectivity index (χ3v) is 5.43. The number of nitrogens with two attached hydrogens (primary N) is 1. The number of nitrogens with one attached hydrogen (secondary N) is 1. The Morgan fingerprint density at radius 1 is 1.31 bits per heavy atom. The van der Waals surface area contributed by atoms with Crippen LogP contribution in [0.5, 0.6) is 0 Å². The van der Waals surface area contributed by atoms with Crippen LogP contribution in [0.4, 0.5) is 0 Å². The molecular weight excluding hydrogens is 340 g/mol. The van der Waals surface area contributed by atoms with Crippen LogP contribution in [-0.2, 0) is 0 Å². The number of hydrogen-bond acceptors (Lipinski definition) is 4. The number of thiophene rings is 1. The standard InChI is InChI=1S/C21H20N4S/c1-2-4-14(5-3-7-22)16-9-17-18(12-25-21(17)24-11-16)19-10-15-6-8-23-13-20(15)26-19/h3-6,8-13H,2,7,22H2,1H3,(H,24,25)/b5-3-,14-4+. The maximum atomic E-state index is 5.62. The molecule has 0 aromatic carbocycles. The second kappa shape index (κ2) is 7.23. The Kier molecular flexibility index (Phi) is 4.65. The van der Waals surface area contributed by atoms with Crippen LogP contribution in [0.2, 0.25) is 0 Å². The van der Waals surface area contributed by atoms with Crippen LogP contribution >= 0.6 is 11.3 Å². The molecule has 4 nitrogen and oxygen atoms in total.